The topological polar surface area (TPSA) is 23.8 Å². The van der Waals surface area contributed by atoms with Crippen LogP contribution in [0.1, 0.15) is 13.8 Å². The molecule has 0 bridgehead atoms. The summed E-state index contributed by atoms with van der Waals surface area (Å²) in [7, 11) is 0. The minimum atomic E-state index is -0.444. The van der Waals surface area contributed by atoms with E-state index >= 15 is 0 Å². The predicted molar refractivity (Wildman–Crippen MR) is 50.6 cm³/mol. The van der Waals surface area contributed by atoms with Crippen LogP contribution < -0.4 is 24.8 Å². The first-order chi connectivity index (χ1) is 5.06. The number of nitrogens with one attached hydrogen (secondary N) is 1. The molecule has 1 aromatic carbocycles. The molecule has 0 spiro atoms. The van der Waals surface area contributed by atoms with Crippen molar-refractivity contribution in [2.24, 2.45) is 0 Å². The van der Waals surface area contributed by atoms with Crippen molar-refractivity contribution >= 4 is 0 Å². The molecule has 0 saturated heterocycles. The first-order valence-corrected chi connectivity index (χ1v) is 3.61. The number of hydrogen-bond donors (Lipinski definition) is 0. The van der Waals surface area contributed by atoms with Gasteiger partial charge in [0.05, 0.1) is 0 Å². The molecule has 1 nitrogen and oxygen atoms in total. The molecule has 0 unspecified atom stereocenters. The minimum Gasteiger partial charge on any atom is -1.00 e. The molecule has 0 aromatic heterocycles. The largest absolute Gasteiger partial charge is 4.00 e. The Morgan fingerprint density at radius 2 is 1.50 bits per heavy atom. The maximum atomic E-state index is 7.06. The molecule has 1 rings (SSSR count). The summed E-state index contributed by atoms with van der Waals surface area (Å²) in [5.41, 5.74) is 6.62. The van der Waals surface area contributed by atoms with Crippen LogP contribution in [0.25, 0.3) is 5.73 Å². The molecular weight excluding hydrogens is 253 g/mol. The summed E-state index contributed by atoms with van der Waals surface area (Å²) in [6.45, 7) is 7.03. The van der Waals surface area contributed by atoms with E-state index in [1.807, 2.05) is 30.3 Å². The summed E-state index contributed by atoms with van der Waals surface area (Å²) in [6, 6.07) is 10.0. The molecule has 0 aliphatic carbocycles. The summed E-state index contributed by atoms with van der Waals surface area (Å²) < 4.78 is 0. The van der Waals surface area contributed by atoms with E-state index in [1.165, 1.54) is 0 Å². The van der Waals surface area contributed by atoms with Crippen LogP contribution >= 0.6 is 0 Å². The predicted octanol–water partition coefficient (Wildman–Crippen LogP) is -2.59. The van der Waals surface area contributed by atoms with Crippen molar-refractivity contribution in [1.29, 1.82) is 0 Å². The average molecular weight is 268 g/mol. The second-order valence-electron chi connectivity index (χ2n) is 2.89. The monoisotopic (exact) mass is 267 g/mol. The van der Waals surface area contributed by atoms with Crippen molar-refractivity contribution in [3.63, 3.8) is 0 Å². The molecule has 0 heterocycles. The van der Waals surface area contributed by atoms with Crippen molar-refractivity contribution in [1.82, 2.24) is 0 Å². The Morgan fingerprint density at radius 1 is 1.21 bits per heavy atom. The summed E-state index contributed by atoms with van der Waals surface area (Å²) >= 11 is 0. The van der Waals surface area contributed by atoms with Crippen molar-refractivity contribution in [3.8, 4) is 0 Å². The van der Waals surface area contributed by atoms with Gasteiger partial charge in [-0.25, -0.2) is 12.1 Å². The third kappa shape index (κ3) is 22.8. The third-order valence-corrected chi connectivity index (χ3v) is 1.07. The van der Waals surface area contributed by atoms with Crippen molar-refractivity contribution in [2.75, 3.05) is 0 Å². The summed E-state index contributed by atoms with van der Waals surface area (Å²) in [5.74, 6) is 0. The van der Waals surface area contributed by atoms with Gasteiger partial charge in [-0.15, -0.1) is 18.2 Å². The van der Waals surface area contributed by atoms with Gasteiger partial charge < -0.3 is 30.5 Å². The van der Waals surface area contributed by atoms with Crippen molar-refractivity contribution in [2.45, 2.75) is 19.4 Å². The fraction of sp³-hybridized carbons (Fsp3) is 0.300. The van der Waals surface area contributed by atoms with E-state index in [2.05, 4.69) is 6.58 Å². The standard InChI is InChI=1S/C5H10N.C5H5.2ClH.Ti/c1-4-5(2,3)6;1-2-4-5-3-1;;;/h4,6H,1H2,2-3H3;1-5H;2*1H;/q2*-1;;;+4/p-2. The molecule has 0 aliphatic heterocycles. The van der Waals surface area contributed by atoms with Gasteiger partial charge in [-0.05, 0) is 0 Å². The van der Waals surface area contributed by atoms with Crippen LogP contribution in [0.5, 0.6) is 0 Å². The van der Waals surface area contributed by atoms with E-state index in [1.54, 1.807) is 19.9 Å². The molecule has 0 amide bonds. The fourth-order valence-electron chi connectivity index (χ4n) is 0.321. The molecule has 0 saturated carbocycles. The third-order valence-electron chi connectivity index (χ3n) is 1.07. The molecule has 78 valence electrons. The van der Waals surface area contributed by atoms with E-state index in [0.717, 1.165) is 0 Å². The number of rotatable bonds is 1. The summed E-state index contributed by atoms with van der Waals surface area (Å²) in [4.78, 5) is 0. The van der Waals surface area contributed by atoms with Crippen LogP contribution in [-0.4, -0.2) is 5.54 Å². The average Bonchev–Trinajstić information content (AvgIpc) is 2.41. The van der Waals surface area contributed by atoms with E-state index in [4.69, 9.17) is 5.73 Å². The Labute approximate surface area is 114 Å². The van der Waals surface area contributed by atoms with Gasteiger partial charge in [-0.2, -0.15) is 18.2 Å². The van der Waals surface area contributed by atoms with Crippen LogP contribution in [0.15, 0.2) is 43.0 Å². The Kier molecular flexibility index (Phi) is 22.8. The molecule has 1 aromatic rings. The molecule has 0 radical (unpaired) electrons. The van der Waals surface area contributed by atoms with Crippen LogP contribution in [0.2, 0.25) is 0 Å². The maximum absolute atomic E-state index is 7.06. The van der Waals surface area contributed by atoms with Gasteiger partial charge in [0.1, 0.15) is 0 Å². The molecule has 0 aliphatic rings. The molecular formula is C10H15Cl2NTi. The zero-order valence-corrected chi connectivity index (χ0v) is 11.5. The van der Waals surface area contributed by atoms with E-state index in [-0.39, 0.29) is 46.5 Å². The molecule has 0 fully saturated rings. The van der Waals surface area contributed by atoms with E-state index in [9.17, 15) is 0 Å². The van der Waals surface area contributed by atoms with Crippen LogP contribution in [0.3, 0.4) is 0 Å². The van der Waals surface area contributed by atoms with Crippen LogP contribution in [0, 0.1) is 0 Å². The van der Waals surface area contributed by atoms with Crippen molar-refractivity contribution < 1.29 is 46.5 Å². The Morgan fingerprint density at radius 3 is 1.57 bits per heavy atom. The zero-order valence-electron chi connectivity index (χ0n) is 8.43. The quantitative estimate of drug-likeness (QED) is 0.303. The smallest absolute Gasteiger partial charge is 1.00 e. The minimum absolute atomic E-state index is 0. The van der Waals surface area contributed by atoms with Gasteiger partial charge in [-0.1, -0.05) is 13.8 Å². The van der Waals surface area contributed by atoms with Crippen LogP contribution in [-0.2, 0) is 21.7 Å². The Balaban J connectivity index is -0.0000000590. The number of hydrogen-bond acceptors (Lipinski definition) is 0. The number of halogens is 2. The Bertz CT molecular complexity index is 163. The maximum Gasteiger partial charge on any atom is 4.00 e. The SMILES string of the molecule is C=CC(C)(C)[NH-].[Cl-].[Cl-].[Ti+4].c1cc[cH-]c1. The molecule has 14 heavy (non-hydrogen) atoms. The van der Waals surface area contributed by atoms with Crippen molar-refractivity contribution in [3.05, 3.63) is 48.7 Å². The van der Waals surface area contributed by atoms with Gasteiger partial charge >= 0.3 is 21.7 Å². The molecule has 1 N–H and O–H groups in total. The van der Waals surface area contributed by atoms with Crippen LogP contribution in [0.4, 0.5) is 0 Å². The molecule has 0 atom stereocenters. The van der Waals surface area contributed by atoms with E-state index in [0.29, 0.717) is 0 Å². The normalized spacial score (nSPS) is 7.64. The van der Waals surface area contributed by atoms with Gasteiger partial charge in [0, 0.05) is 0 Å². The second-order valence-corrected chi connectivity index (χ2v) is 2.89. The fourth-order valence-corrected chi connectivity index (χ4v) is 0.321. The second kappa shape index (κ2) is 13.3. The van der Waals surface area contributed by atoms with Gasteiger partial charge in [0.15, 0.2) is 0 Å². The first-order valence-electron chi connectivity index (χ1n) is 3.61. The molecule has 4 heteroatoms. The van der Waals surface area contributed by atoms with Gasteiger partial charge in [0.25, 0.3) is 0 Å². The summed E-state index contributed by atoms with van der Waals surface area (Å²) in [6.07, 6.45) is 1.60. The zero-order chi connectivity index (χ0) is 8.74. The van der Waals surface area contributed by atoms with Gasteiger partial charge in [0.2, 0.25) is 0 Å². The summed E-state index contributed by atoms with van der Waals surface area (Å²) in [5, 5.41) is 0. The van der Waals surface area contributed by atoms with E-state index < -0.39 is 5.54 Å². The van der Waals surface area contributed by atoms with Gasteiger partial charge in [-0.3, -0.25) is 0 Å². The Hall–Kier alpha value is 0.344. The first kappa shape index (κ1) is 23.9.